The van der Waals surface area contributed by atoms with E-state index in [2.05, 4.69) is 55.6 Å². The molecule has 0 fully saturated rings. The van der Waals surface area contributed by atoms with Crippen molar-refractivity contribution < 1.29 is 24.5 Å². The molecule has 0 aliphatic rings. The molecule has 0 aromatic rings. The molecule has 0 saturated carbocycles. The molecule has 0 radical (unpaired) electrons. The predicted octanol–water partition coefficient (Wildman–Crippen LogP) is 18.2. The zero-order valence-electron chi connectivity index (χ0n) is 44.6. The molecule has 6 nitrogen and oxygen atoms in total. The Morgan fingerprint density at radius 3 is 1.21 bits per heavy atom. The molecule has 0 aromatic heterocycles. The van der Waals surface area contributed by atoms with Crippen LogP contribution in [0.4, 0.5) is 0 Å². The highest BCUT2D eigenvalue weighted by Crippen LogP contribution is 2.16. The standard InChI is InChI=1S/C61H113NO5/c1-3-5-7-9-11-13-15-17-18-19-20-23-26-30-33-37-41-45-49-53-59(64)58(57-63)62-60(65)54-50-46-42-38-34-31-27-24-21-22-25-28-32-36-40-44-48-52-56-67-61(66)55-51-47-43-39-35-29-16-14-12-10-8-6-4-2/h8,10,14,16,24,27,49,53,58-59,63-64H,3-7,9,11-13,15,17-23,25-26,28-48,50-52,54-57H2,1-2H3,(H,62,65)/b10-8-,16-14-,27-24-,53-49+. The summed E-state index contributed by atoms with van der Waals surface area (Å²) in [6.45, 7) is 4.82. The van der Waals surface area contributed by atoms with E-state index in [9.17, 15) is 19.8 Å². The van der Waals surface area contributed by atoms with Crippen molar-refractivity contribution in [3.63, 3.8) is 0 Å². The summed E-state index contributed by atoms with van der Waals surface area (Å²) in [7, 11) is 0. The predicted molar refractivity (Wildman–Crippen MR) is 292 cm³/mol. The highest BCUT2D eigenvalue weighted by Gasteiger charge is 2.18. The van der Waals surface area contributed by atoms with E-state index in [0.717, 1.165) is 70.6 Å². The Hall–Kier alpha value is -2.18. The third kappa shape index (κ3) is 53.0. The number of rotatable bonds is 54. The molecular formula is C61H113NO5. The molecule has 0 bridgehead atoms. The minimum atomic E-state index is -0.855. The van der Waals surface area contributed by atoms with Crippen molar-refractivity contribution in [1.82, 2.24) is 5.32 Å². The Balaban J connectivity index is 3.50. The molecule has 0 heterocycles. The molecule has 3 N–H and O–H groups in total. The lowest BCUT2D eigenvalue weighted by Gasteiger charge is -2.20. The van der Waals surface area contributed by atoms with Gasteiger partial charge in [-0.1, -0.05) is 255 Å². The number of carbonyl (C=O) groups excluding carboxylic acids is 2. The Morgan fingerprint density at radius 2 is 0.776 bits per heavy atom. The van der Waals surface area contributed by atoms with E-state index in [1.807, 2.05) is 6.08 Å². The fourth-order valence-corrected chi connectivity index (χ4v) is 8.78. The van der Waals surface area contributed by atoms with Gasteiger partial charge in [-0.3, -0.25) is 9.59 Å². The smallest absolute Gasteiger partial charge is 0.305 e. The van der Waals surface area contributed by atoms with Crippen LogP contribution in [0.1, 0.15) is 303 Å². The summed E-state index contributed by atoms with van der Waals surface area (Å²) in [6.07, 6.45) is 71.3. The molecule has 392 valence electrons. The SMILES string of the molecule is CCC/C=C\C/C=C\CCCCCCCC(=O)OCCCCCCCCCCC/C=C\CCCCCCCC(=O)NC(CO)C(O)/C=C/CCCCCCCCCCCCCCCCCCC. The van der Waals surface area contributed by atoms with Gasteiger partial charge in [-0.2, -0.15) is 0 Å². The lowest BCUT2D eigenvalue weighted by molar-refractivity contribution is -0.143. The normalized spacial score (nSPS) is 13.0. The number of aliphatic hydroxyl groups excluding tert-OH is 2. The van der Waals surface area contributed by atoms with Gasteiger partial charge in [0, 0.05) is 12.8 Å². The van der Waals surface area contributed by atoms with Crippen LogP contribution in [0, 0.1) is 0 Å². The second-order valence-electron chi connectivity index (χ2n) is 20.0. The number of amides is 1. The lowest BCUT2D eigenvalue weighted by Crippen LogP contribution is -2.45. The first-order chi connectivity index (χ1) is 33.0. The molecule has 2 atom stereocenters. The topological polar surface area (TPSA) is 95.9 Å². The average molecular weight is 941 g/mol. The fourth-order valence-electron chi connectivity index (χ4n) is 8.78. The zero-order chi connectivity index (χ0) is 48.6. The number of hydrogen-bond acceptors (Lipinski definition) is 5. The van der Waals surface area contributed by atoms with Gasteiger partial charge < -0.3 is 20.3 Å². The van der Waals surface area contributed by atoms with Gasteiger partial charge in [0.15, 0.2) is 0 Å². The number of ether oxygens (including phenoxy) is 1. The van der Waals surface area contributed by atoms with Crippen LogP contribution in [0.15, 0.2) is 48.6 Å². The summed E-state index contributed by atoms with van der Waals surface area (Å²) in [5.41, 5.74) is 0. The summed E-state index contributed by atoms with van der Waals surface area (Å²) in [5.74, 6) is -0.0952. The molecule has 0 saturated heterocycles. The van der Waals surface area contributed by atoms with Crippen LogP contribution in [0.25, 0.3) is 0 Å². The average Bonchev–Trinajstić information content (AvgIpc) is 3.33. The van der Waals surface area contributed by atoms with Crippen LogP contribution in [0.3, 0.4) is 0 Å². The van der Waals surface area contributed by atoms with Crippen molar-refractivity contribution in [2.45, 2.75) is 315 Å². The third-order valence-corrected chi connectivity index (χ3v) is 13.3. The maximum atomic E-state index is 12.5. The Bertz CT molecular complexity index is 1130. The van der Waals surface area contributed by atoms with E-state index in [1.165, 1.54) is 205 Å². The van der Waals surface area contributed by atoms with Gasteiger partial charge in [0.25, 0.3) is 0 Å². The number of aliphatic hydroxyl groups is 2. The Morgan fingerprint density at radius 1 is 0.418 bits per heavy atom. The molecule has 2 unspecified atom stereocenters. The van der Waals surface area contributed by atoms with Crippen LogP contribution >= 0.6 is 0 Å². The number of unbranched alkanes of at least 4 members (excludes halogenated alkanes) is 37. The van der Waals surface area contributed by atoms with Gasteiger partial charge >= 0.3 is 5.97 Å². The number of hydrogen-bond donors (Lipinski definition) is 3. The maximum absolute atomic E-state index is 12.5. The van der Waals surface area contributed by atoms with Crippen LogP contribution in [-0.2, 0) is 14.3 Å². The summed E-state index contributed by atoms with van der Waals surface area (Å²) in [4.78, 5) is 24.5. The molecule has 0 aliphatic carbocycles. The maximum Gasteiger partial charge on any atom is 0.305 e. The van der Waals surface area contributed by atoms with E-state index < -0.39 is 12.1 Å². The number of allylic oxidation sites excluding steroid dienone is 7. The highest BCUT2D eigenvalue weighted by molar-refractivity contribution is 5.76. The molecule has 1 amide bonds. The van der Waals surface area contributed by atoms with Crippen molar-refractivity contribution >= 4 is 11.9 Å². The van der Waals surface area contributed by atoms with Gasteiger partial charge in [-0.15, -0.1) is 0 Å². The summed E-state index contributed by atoms with van der Waals surface area (Å²) in [5, 5.41) is 23.2. The molecular weight excluding hydrogens is 827 g/mol. The van der Waals surface area contributed by atoms with Gasteiger partial charge in [-0.25, -0.2) is 0 Å². The van der Waals surface area contributed by atoms with E-state index in [1.54, 1.807) is 6.08 Å². The van der Waals surface area contributed by atoms with Crippen LogP contribution < -0.4 is 5.32 Å². The minimum Gasteiger partial charge on any atom is -0.466 e. The van der Waals surface area contributed by atoms with Gasteiger partial charge in [0.05, 0.1) is 25.4 Å². The molecule has 0 spiro atoms. The largest absolute Gasteiger partial charge is 0.466 e. The number of carbonyl (C=O) groups is 2. The Labute approximate surface area is 416 Å². The quantitative estimate of drug-likeness (QED) is 0.0321. The molecule has 6 heteroatoms. The van der Waals surface area contributed by atoms with Gasteiger partial charge in [0.1, 0.15) is 0 Å². The van der Waals surface area contributed by atoms with Crippen molar-refractivity contribution in [3.05, 3.63) is 48.6 Å². The number of nitrogens with one attached hydrogen (secondary N) is 1. The molecule has 0 aliphatic heterocycles. The van der Waals surface area contributed by atoms with Gasteiger partial charge in [-0.05, 0) is 83.5 Å². The van der Waals surface area contributed by atoms with Crippen molar-refractivity contribution in [3.8, 4) is 0 Å². The second-order valence-corrected chi connectivity index (χ2v) is 20.0. The van der Waals surface area contributed by atoms with Crippen molar-refractivity contribution in [1.29, 1.82) is 0 Å². The van der Waals surface area contributed by atoms with Crippen LogP contribution in [0.2, 0.25) is 0 Å². The number of esters is 1. The summed E-state index contributed by atoms with van der Waals surface area (Å²) >= 11 is 0. The zero-order valence-corrected chi connectivity index (χ0v) is 44.6. The van der Waals surface area contributed by atoms with Crippen LogP contribution in [-0.4, -0.2) is 47.4 Å². The van der Waals surface area contributed by atoms with E-state index >= 15 is 0 Å². The molecule has 0 rings (SSSR count). The third-order valence-electron chi connectivity index (χ3n) is 13.3. The lowest BCUT2D eigenvalue weighted by atomic mass is 10.0. The van der Waals surface area contributed by atoms with E-state index in [-0.39, 0.29) is 18.5 Å². The fraction of sp³-hybridized carbons (Fsp3) is 0.836. The van der Waals surface area contributed by atoms with Crippen molar-refractivity contribution in [2.24, 2.45) is 0 Å². The first-order valence-electron chi connectivity index (χ1n) is 29.4. The Kier molecular flexibility index (Phi) is 54.6. The van der Waals surface area contributed by atoms with E-state index in [0.29, 0.717) is 19.4 Å². The minimum absolute atomic E-state index is 0.0136. The van der Waals surface area contributed by atoms with Gasteiger partial charge in [0.2, 0.25) is 5.91 Å². The van der Waals surface area contributed by atoms with E-state index in [4.69, 9.17) is 4.74 Å². The first-order valence-corrected chi connectivity index (χ1v) is 29.4. The summed E-state index contributed by atoms with van der Waals surface area (Å²) < 4.78 is 5.46. The molecule has 0 aromatic carbocycles. The highest BCUT2D eigenvalue weighted by atomic mass is 16.5. The second kappa shape index (κ2) is 56.4. The van der Waals surface area contributed by atoms with Crippen LogP contribution in [0.5, 0.6) is 0 Å². The van der Waals surface area contributed by atoms with Crippen molar-refractivity contribution in [2.75, 3.05) is 13.2 Å². The molecule has 67 heavy (non-hydrogen) atoms. The summed E-state index contributed by atoms with van der Waals surface area (Å²) in [6, 6.07) is -0.640. The first kappa shape index (κ1) is 64.8. The monoisotopic (exact) mass is 940 g/mol.